The molecule has 2 rings (SSSR count). The molecule has 3 nitrogen and oxygen atoms in total. The number of piperidine rings is 1. The van der Waals surface area contributed by atoms with Crippen LogP contribution in [0.1, 0.15) is 23.2 Å². The van der Waals surface area contributed by atoms with E-state index in [9.17, 15) is 4.79 Å². The highest BCUT2D eigenvalue weighted by Crippen LogP contribution is 2.16. The molecule has 0 aliphatic carbocycles. The van der Waals surface area contributed by atoms with E-state index in [0.717, 1.165) is 36.0 Å². The maximum Gasteiger partial charge on any atom is 0.176 e. The standard InChI is InChI=1S/C15H21BrN2O/c1-17(2)14-6-8-18(9-7-14)11-15(19)12-4-3-5-13(16)10-12/h3-5,10,14H,6-9,11H2,1-2H3. The van der Waals surface area contributed by atoms with Crippen LogP contribution < -0.4 is 0 Å². The Bertz CT molecular complexity index is 440. The third-order valence-corrected chi connectivity index (χ3v) is 4.29. The molecule has 1 aliphatic rings. The fourth-order valence-electron chi connectivity index (χ4n) is 2.55. The molecule has 19 heavy (non-hydrogen) atoms. The second-order valence-corrected chi connectivity index (χ2v) is 6.32. The van der Waals surface area contributed by atoms with Crippen LogP contribution in [0.3, 0.4) is 0 Å². The first-order chi connectivity index (χ1) is 9.06. The van der Waals surface area contributed by atoms with Crippen molar-refractivity contribution in [3.8, 4) is 0 Å². The van der Waals surface area contributed by atoms with E-state index in [1.807, 2.05) is 24.3 Å². The quantitative estimate of drug-likeness (QED) is 0.795. The Kier molecular flexibility index (Phi) is 5.13. The van der Waals surface area contributed by atoms with Crippen molar-refractivity contribution in [2.75, 3.05) is 33.7 Å². The van der Waals surface area contributed by atoms with E-state index < -0.39 is 0 Å². The largest absolute Gasteiger partial charge is 0.306 e. The topological polar surface area (TPSA) is 23.6 Å². The first-order valence-corrected chi connectivity index (χ1v) is 7.53. The highest BCUT2D eigenvalue weighted by atomic mass is 79.9. The van der Waals surface area contributed by atoms with Crippen molar-refractivity contribution in [3.63, 3.8) is 0 Å². The lowest BCUT2D eigenvalue weighted by atomic mass is 10.0. The number of carbonyl (C=O) groups is 1. The van der Waals surface area contributed by atoms with Crippen LogP contribution in [0.15, 0.2) is 28.7 Å². The number of benzene rings is 1. The van der Waals surface area contributed by atoms with E-state index in [-0.39, 0.29) is 5.78 Å². The molecule has 1 fully saturated rings. The van der Waals surface area contributed by atoms with Gasteiger partial charge in [-0.2, -0.15) is 0 Å². The van der Waals surface area contributed by atoms with Crippen LogP contribution in [0.5, 0.6) is 0 Å². The normalized spacial score (nSPS) is 17.9. The number of hydrogen-bond acceptors (Lipinski definition) is 3. The first-order valence-electron chi connectivity index (χ1n) is 6.74. The van der Waals surface area contributed by atoms with Gasteiger partial charge in [-0.15, -0.1) is 0 Å². The molecule has 4 heteroatoms. The molecule has 0 amide bonds. The highest BCUT2D eigenvalue weighted by molar-refractivity contribution is 9.10. The van der Waals surface area contributed by atoms with Gasteiger partial charge in [-0.05, 0) is 39.1 Å². The molecule has 0 spiro atoms. The lowest BCUT2D eigenvalue weighted by molar-refractivity contribution is 0.0874. The van der Waals surface area contributed by atoms with Gasteiger partial charge in [0, 0.05) is 29.2 Å². The van der Waals surface area contributed by atoms with Gasteiger partial charge < -0.3 is 4.90 Å². The Morgan fingerprint density at radius 2 is 2.05 bits per heavy atom. The predicted molar refractivity (Wildman–Crippen MR) is 81.6 cm³/mol. The molecule has 0 aromatic heterocycles. The summed E-state index contributed by atoms with van der Waals surface area (Å²) in [5, 5.41) is 0. The van der Waals surface area contributed by atoms with Crippen molar-refractivity contribution in [1.82, 2.24) is 9.80 Å². The van der Waals surface area contributed by atoms with Gasteiger partial charge in [0.15, 0.2) is 5.78 Å². The minimum Gasteiger partial charge on any atom is -0.306 e. The first kappa shape index (κ1) is 14.7. The lowest BCUT2D eigenvalue weighted by Gasteiger charge is -2.34. The Labute approximate surface area is 123 Å². The summed E-state index contributed by atoms with van der Waals surface area (Å²) >= 11 is 3.41. The van der Waals surface area contributed by atoms with Crippen LogP contribution in [-0.2, 0) is 0 Å². The molecule has 0 atom stereocenters. The van der Waals surface area contributed by atoms with Gasteiger partial charge in [-0.25, -0.2) is 0 Å². The summed E-state index contributed by atoms with van der Waals surface area (Å²) in [6.07, 6.45) is 2.30. The molecule has 104 valence electrons. The van der Waals surface area contributed by atoms with Gasteiger partial charge in [0.2, 0.25) is 0 Å². The van der Waals surface area contributed by atoms with E-state index in [0.29, 0.717) is 12.6 Å². The second-order valence-electron chi connectivity index (χ2n) is 5.40. The van der Waals surface area contributed by atoms with E-state index in [1.54, 1.807) is 0 Å². The number of hydrogen-bond donors (Lipinski definition) is 0. The van der Waals surface area contributed by atoms with Crippen molar-refractivity contribution in [2.45, 2.75) is 18.9 Å². The molecule has 0 N–H and O–H groups in total. The monoisotopic (exact) mass is 324 g/mol. The zero-order valence-electron chi connectivity index (χ0n) is 11.6. The average Bonchev–Trinajstić information content (AvgIpc) is 2.39. The number of halogens is 1. The number of ketones is 1. The Hall–Kier alpha value is -0.710. The summed E-state index contributed by atoms with van der Waals surface area (Å²) in [5.74, 6) is 0.213. The Balaban J connectivity index is 1.87. The predicted octanol–water partition coefficient (Wildman–Crippen LogP) is 2.66. The molecule has 1 heterocycles. The summed E-state index contributed by atoms with van der Waals surface area (Å²) in [7, 11) is 4.26. The van der Waals surface area contributed by atoms with Crippen LogP contribution in [0, 0.1) is 0 Å². The average molecular weight is 325 g/mol. The third kappa shape index (κ3) is 4.13. The van der Waals surface area contributed by atoms with Gasteiger partial charge in [0.1, 0.15) is 0 Å². The summed E-state index contributed by atoms with van der Waals surface area (Å²) in [6.45, 7) is 2.57. The fraction of sp³-hybridized carbons (Fsp3) is 0.533. The molecular formula is C15H21BrN2O. The van der Waals surface area contributed by atoms with Crippen LogP contribution in [0.25, 0.3) is 0 Å². The molecule has 1 aliphatic heterocycles. The van der Waals surface area contributed by atoms with Gasteiger partial charge in [0.05, 0.1) is 6.54 Å². The zero-order valence-corrected chi connectivity index (χ0v) is 13.2. The van der Waals surface area contributed by atoms with Crippen molar-refractivity contribution in [3.05, 3.63) is 34.3 Å². The van der Waals surface area contributed by atoms with E-state index >= 15 is 0 Å². The van der Waals surface area contributed by atoms with Gasteiger partial charge >= 0.3 is 0 Å². The minimum atomic E-state index is 0.213. The molecule has 0 unspecified atom stereocenters. The molecular weight excluding hydrogens is 304 g/mol. The number of likely N-dealkylation sites (tertiary alicyclic amines) is 1. The Morgan fingerprint density at radius 1 is 1.37 bits per heavy atom. The maximum atomic E-state index is 12.2. The zero-order chi connectivity index (χ0) is 13.8. The fourth-order valence-corrected chi connectivity index (χ4v) is 2.95. The summed E-state index contributed by atoms with van der Waals surface area (Å²) in [4.78, 5) is 16.8. The maximum absolute atomic E-state index is 12.2. The highest BCUT2D eigenvalue weighted by Gasteiger charge is 2.22. The number of nitrogens with zero attached hydrogens (tertiary/aromatic N) is 2. The third-order valence-electron chi connectivity index (χ3n) is 3.80. The van der Waals surface area contributed by atoms with Crippen LogP contribution in [0.2, 0.25) is 0 Å². The van der Waals surface area contributed by atoms with Crippen LogP contribution in [-0.4, -0.2) is 55.4 Å². The Morgan fingerprint density at radius 3 is 2.63 bits per heavy atom. The smallest absolute Gasteiger partial charge is 0.176 e. The molecule has 0 radical (unpaired) electrons. The van der Waals surface area contributed by atoms with E-state index in [4.69, 9.17) is 0 Å². The van der Waals surface area contributed by atoms with Crippen molar-refractivity contribution >= 4 is 21.7 Å². The lowest BCUT2D eigenvalue weighted by Crippen LogP contribution is -2.43. The second kappa shape index (κ2) is 6.64. The van der Waals surface area contributed by atoms with Gasteiger partial charge in [-0.3, -0.25) is 9.69 Å². The van der Waals surface area contributed by atoms with Crippen LogP contribution in [0.4, 0.5) is 0 Å². The number of Topliss-reactive ketones (excluding diaryl/α,β-unsaturated/α-hetero) is 1. The van der Waals surface area contributed by atoms with Crippen molar-refractivity contribution in [1.29, 1.82) is 0 Å². The number of carbonyl (C=O) groups excluding carboxylic acids is 1. The van der Waals surface area contributed by atoms with E-state index in [2.05, 4.69) is 39.8 Å². The molecule has 1 saturated heterocycles. The van der Waals surface area contributed by atoms with E-state index in [1.165, 1.54) is 0 Å². The molecule has 1 aromatic rings. The minimum absolute atomic E-state index is 0.213. The SMILES string of the molecule is CN(C)C1CCN(CC(=O)c2cccc(Br)c2)CC1. The van der Waals surface area contributed by atoms with Crippen LogP contribution >= 0.6 is 15.9 Å². The molecule has 0 saturated carbocycles. The summed E-state index contributed by atoms with van der Waals surface area (Å²) in [5.41, 5.74) is 0.795. The van der Waals surface area contributed by atoms with Crippen molar-refractivity contribution < 1.29 is 4.79 Å². The van der Waals surface area contributed by atoms with Gasteiger partial charge in [-0.1, -0.05) is 28.1 Å². The summed E-state index contributed by atoms with van der Waals surface area (Å²) in [6, 6.07) is 8.31. The summed E-state index contributed by atoms with van der Waals surface area (Å²) < 4.78 is 0.963. The number of rotatable bonds is 4. The van der Waals surface area contributed by atoms with Gasteiger partial charge in [0.25, 0.3) is 0 Å². The molecule has 1 aromatic carbocycles. The molecule has 0 bridgehead atoms. The van der Waals surface area contributed by atoms with Crippen molar-refractivity contribution in [2.24, 2.45) is 0 Å².